The van der Waals surface area contributed by atoms with Crippen molar-refractivity contribution in [3.8, 4) is 23.0 Å². The summed E-state index contributed by atoms with van der Waals surface area (Å²) in [7, 11) is 0. The van der Waals surface area contributed by atoms with Gasteiger partial charge in [0, 0.05) is 12.5 Å². The summed E-state index contributed by atoms with van der Waals surface area (Å²) in [6.45, 7) is 3.00. The van der Waals surface area contributed by atoms with Gasteiger partial charge < -0.3 is 4.74 Å². The van der Waals surface area contributed by atoms with E-state index in [1.165, 1.54) is 50.2 Å². The van der Waals surface area contributed by atoms with Crippen LogP contribution in [-0.4, -0.2) is 18.9 Å². The number of alkyl halides is 3. The van der Waals surface area contributed by atoms with E-state index in [1.54, 1.807) is 0 Å². The Bertz CT molecular complexity index is 1530. The average Bonchev–Trinajstić information content (AvgIpc) is 2.96. The average molecular weight is 623 g/mol. The zero-order valence-electron chi connectivity index (χ0n) is 24.4. The molecule has 1 aliphatic heterocycles. The van der Waals surface area contributed by atoms with Crippen molar-refractivity contribution in [2.45, 2.75) is 89.3 Å². The lowest BCUT2D eigenvalue weighted by Crippen LogP contribution is -2.34. The molecule has 0 N–H and O–H groups in total. The number of ether oxygens (including phenoxy) is 1. The van der Waals surface area contributed by atoms with Crippen LogP contribution in [-0.2, 0) is 4.74 Å². The van der Waals surface area contributed by atoms with Gasteiger partial charge >= 0.3 is 6.18 Å². The third-order valence-corrected chi connectivity index (χ3v) is 9.15. The summed E-state index contributed by atoms with van der Waals surface area (Å²) in [5.74, 6) is -3.19. The highest BCUT2D eigenvalue weighted by Gasteiger charge is 2.33. The van der Waals surface area contributed by atoms with Crippen LogP contribution >= 0.6 is 0 Å². The van der Waals surface area contributed by atoms with Crippen LogP contribution in [0.5, 0.6) is 0 Å². The molecule has 1 heterocycles. The van der Waals surface area contributed by atoms with Gasteiger partial charge in [-0.1, -0.05) is 32.1 Å². The van der Waals surface area contributed by atoms with Gasteiger partial charge in [0.15, 0.2) is 5.82 Å². The monoisotopic (exact) mass is 622 g/mol. The first-order chi connectivity index (χ1) is 20.9. The van der Waals surface area contributed by atoms with Crippen molar-refractivity contribution in [3.63, 3.8) is 0 Å². The standard InChI is InChI=1S/C35H34F8O/c1-2-3-4-5-20-6-11-31(44-19-20)22-9-7-21(8-10-22)23-15-28(37)32(29(38)16-23)24-14-25-17-27(36)26(12-13-35(41,42)43)34(40)33(25)30(39)18-24/h14-18,20-22,31H,2-11,19H2,1H3. The van der Waals surface area contributed by atoms with Gasteiger partial charge in [-0.25, -0.2) is 22.0 Å². The minimum atomic E-state index is -5.02. The fraction of sp³-hybridized carbons (Fsp3) is 0.486. The number of hydrogen-bond acceptors (Lipinski definition) is 1. The molecule has 0 radical (unpaired) electrons. The maximum absolute atomic E-state index is 15.4. The lowest BCUT2D eigenvalue weighted by molar-refractivity contribution is -0.0696. The Morgan fingerprint density at radius 2 is 1.50 bits per heavy atom. The van der Waals surface area contributed by atoms with Crippen LogP contribution in [0.3, 0.4) is 0 Å². The lowest BCUT2D eigenvalue weighted by Gasteiger charge is -2.38. The van der Waals surface area contributed by atoms with Gasteiger partial charge in [0.05, 0.1) is 22.6 Å². The van der Waals surface area contributed by atoms with Gasteiger partial charge in [-0.3, -0.25) is 0 Å². The fourth-order valence-electron chi connectivity index (χ4n) is 6.84. The highest BCUT2D eigenvalue weighted by molar-refractivity contribution is 5.90. The van der Waals surface area contributed by atoms with Crippen LogP contribution in [0.4, 0.5) is 35.1 Å². The molecule has 3 aromatic rings. The van der Waals surface area contributed by atoms with Gasteiger partial charge in [-0.2, -0.15) is 13.2 Å². The third-order valence-electron chi connectivity index (χ3n) is 9.15. The van der Waals surface area contributed by atoms with E-state index in [9.17, 15) is 22.0 Å². The molecule has 1 saturated carbocycles. The number of rotatable bonds is 7. The zero-order valence-corrected chi connectivity index (χ0v) is 24.4. The molecule has 0 bridgehead atoms. The van der Waals surface area contributed by atoms with Crippen LogP contribution in [0, 0.1) is 52.8 Å². The number of unbranched alkanes of at least 4 members (excludes halogenated alkanes) is 2. The number of fused-ring (bicyclic) bond motifs is 1. The molecule has 1 saturated heterocycles. The molecule has 2 atom stereocenters. The summed E-state index contributed by atoms with van der Waals surface area (Å²) in [4.78, 5) is 0. The van der Waals surface area contributed by atoms with E-state index < -0.39 is 57.2 Å². The molecule has 0 amide bonds. The summed E-state index contributed by atoms with van der Waals surface area (Å²) in [5, 5.41) is -1.24. The molecule has 1 nitrogen and oxygen atoms in total. The Balaban J connectivity index is 1.30. The molecule has 0 aromatic heterocycles. The van der Waals surface area contributed by atoms with Crippen LogP contribution in [0.2, 0.25) is 0 Å². The Labute approximate surface area is 252 Å². The molecule has 9 heteroatoms. The minimum absolute atomic E-state index is 0.0533. The zero-order chi connectivity index (χ0) is 31.6. The van der Waals surface area contributed by atoms with Crippen molar-refractivity contribution in [1.82, 2.24) is 0 Å². The summed E-state index contributed by atoms with van der Waals surface area (Å²) >= 11 is 0. The first-order valence-corrected chi connectivity index (χ1v) is 15.3. The van der Waals surface area contributed by atoms with Gasteiger partial charge in [0.1, 0.15) is 23.3 Å². The highest BCUT2D eigenvalue weighted by atomic mass is 19.4. The van der Waals surface area contributed by atoms with Crippen molar-refractivity contribution in [2.75, 3.05) is 6.61 Å². The Kier molecular flexibility index (Phi) is 9.89. The number of hydrogen-bond donors (Lipinski definition) is 0. The fourth-order valence-corrected chi connectivity index (χ4v) is 6.84. The second kappa shape index (κ2) is 13.5. The van der Waals surface area contributed by atoms with E-state index in [2.05, 4.69) is 6.92 Å². The van der Waals surface area contributed by atoms with Crippen molar-refractivity contribution in [3.05, 3.63) is 70.5 Å². The van der Waals surface area contributed by atoms with Gasteiger partial charge in [-0.15, -0.1) is 0 Å². The van der Waals surface area contributed by atoms with Crippen molar-refractivity contribution in [1.29, 1.82) is 0 Å². The predicted octanol–water partition coefficient (Wildman–Crippen LogP) is 10.8. The molecule has 2 aliphatic rings. The van der Waals surface area contributed by atoms with Crippen molar-refractivity contribution >= 4 is 10.8 Å². The Morgan fingerprint density at radius 3 is 2.11 bits per heavy atom. The predicted molar refractivity (Wildman–Crippen MR) is 153 cm³/mol. The van der Waals surface area contributed by atoms with Crippen LogP contribution in [0.15, 0.2) is 30.3 Å². The van der Waals surface area contributed by atoms with E-state index in [0.717, 1.165) is 50.7 Å². The molecule has 1 aliphatic carbocycles. The molecule has 44 heavy (non-hydrogen) atoms. The molecule has 236 valence electrons. The highest BCUT2D eigenvalue weighted by Crippen LogP contribution is 2.42. The van der Waals surface area contributed by atoms with Crippen LogP contribution in [0.1, 0.15) is 88.2 Å². The van der Waals surface area contributed by atoms with E-state index in [1.807, 2.05) is 0 Å². The van der Waals surface area contributed by atoms with E-state index in [0.29, 0.717) is 29.5 Å². The van der Waals surface area contributed by atoms with E-state index >= 15 is 13.2 Å². The first-order valence-electron chi connectivity index (χ1n) is 15.3. The maximum atomic E-state index is 15.4. The second-order valence-electron chi connectivity index (χ2n) is 12.1. The molecule has 2 fully saturated rings. The Morgan fingerprint density at radius 1 is 0.795 bits per heavy atom. The van der Waals surface area contributed by atoms with Gasteiger partial charge in [0.2, 0.25) is 0 Å². The lowest BCUT2D eigenvalue weighted by atomic mass is 9.74. The smallest absolute Gasteiger partial charge is 0.378 e. The second-order valence-corrected chi connectivity index (χ2v) is 12.1. The minimum Gasteiger partial charge on any atom is -0.378 e. The Hall–Kier alpha value is -3.12. The summed E-state index contributed by atoms with van der Waals surface area (Å²) < 4.78 is 119. The summed E-state index contributed by atoms with van der Waals surface area (Å²) in [5.41, 5.74) is -1.61. The molecule has 3 aromatic carbocycles. The van der Waals surface area contributed by atoms with E-state index in [4.69, 9.17) is 4.74 Å². The SMILES string of the molecule is CCCCCC1CCC(C2CCC(c3cc(F)c(-c4cc(F)c5c(F)c(C#CC(F)(F)F)c(F)cc5c4)c(F)c3)CC2)OC1. The first kappa shape index (κ1) is 32.3. The molecular weight excluding hydrogens is 588 g/mol. The quantitative estimate of drug-likeness (QED) is 0.145. The van der Waals surface area contributed by atoms with Gasteiger partial charge in [0.25, 0.3) is 0 Å². The molecule has 5 rings (SSSR count). The topological polar surface area (TPSA) is 9.23 Å². The number of halogens is 8. The number of benzene rings is 3. The molecule has 2 unspecified atom stereocenters. The largest absolute Gasteiger partial charge is 0.458 e. The van der Waals surface area contributed by atoms with Crippen molar-refractivity contribution < 1.29 is 39.9 Å². The van der Waals surface area contributed by atoms with Gasteiger partial charge in [-0.05, 0) is 110 Å². The summed E-state index contributed by atoms with van der Waals surface area (Å²) in [6, 6.07) is 4.71. The molecular formula is C35H34F8O. The normalized spacial score (nSPS) is 22.6. The van der Waals surface area contributed by atoms with E-state index in [-0.39, 0.29) is 17.6 Å². The van der Waals surface area contributed by atoms with Crippen molar-refractivity contribution in [2.24, 2.45) is 11.8 Å². The summed E-state index contributed by atoms with van der Waals surface area (Å²) in [6.07, 6.45) is 5.62. The molecule has 0 spiro atoms. The van der Waals surface area contributed by atoms with Crippen LogP contribution < -0.4 is 0 Å². The van der Waals surface area contributed by atoms with Crippen LogP contribution in [0.25, 0.3) is 21.9 Å². The maximum Gasteiger partial charge on any atom is 0.458 e. The third kappa shape index (κ3) is 7.22.